The minimum atomic E-state index is -1.20. The van der Waals surface area contributed by atoms with Gasteiger partial charge in [0, 0.05) is 17.7 Å². The second-order valence-electron chi connectivity index (χ2n) is 9.47. The minimum Gasteiger partial charge on any atom is -0.466 e. The largest absolute Gasteiger partial charge is 0.466 e. The molecule has 0 heterocycles. The Kier molecular flexibility index (Phi) is 11.8. The van der Waals surface area contributed by atoms with Crippen LogP contribution in [-0.2, 0) is 30.4 Å². The molecule has 0 radical (unpaired) electrons. The first-order chi connectivity index (χ1) is 20.6. The van der Waals surface area contributed by atoms with Gasteiger partial charge < -0.3 is 24.8 Å². The molecular weight excluding hydrogens is 550 g/mol. The molecule has 43 heavy (non-hydrogen) atoms. The van der Waals surface area contributed by atoms with E-state index in [0.717, 1.165) is 5.56 Å². The van der Waals surface area contributed by atoms with Crippen molar-refractivity contribution in [1.82, 2.24) is 4.90 Å². The molecule has 1 amide bonds. The van der Waals surface area contributed by atoms with Gasteiger partial charge in [0.05, 0.1) is 25.2 Å². The maximum atomic E-state index is 13.8. The first kappa shape index (κ1) is 32.3. The molecule has 10 heteroatoms. The molecule has 0 bridgehead atoms. The molecule has 0 unspecified atom stereocenters. The highest BCUT2D eigenvalue weighted by molar-refractivity contribution is 6.00. The maximum absolute atomic E-state index is 13.8. The van der Waals surface area contributed by atoms with Crippen molar-refractivity contribution in [3.05, 3.63) is 107 Å². The average Bonchev–Trinajstić information content (AvgIpc) is 3.00. The quantitative estimate of drug-likeness (QED) is 0.0979. The van der Waals surface area contributed by atoms with E-state index in [1.807, 2.05) is 30.3 Å². The Hall–Kier alpha value is -5.25. The molecule has 10 nitrogen and oxygen atoms in total. The van der Waals surface area contributed by atoms with Crippen molar-refractivity contribution >= 4 is 35.7 Å². The third-order valence-electron chi connectivity index (χ3n) is 6.30. The number of nitrogens with two attached hydrogens (primary N) is 1. The summed E-state index contributed by atoms with van der Waals surface area (Å²) >= 11 is 0. The Labute approximate surface area is 250 Å². The van der Waals surface area contributed by atoms with Gasteiger partial charge in [-0.3, -0.25) is 15.0 Å². The fraction of sp³-hybridized carbons (Fsp3) is 0.242. The zero-order chi connectivity index (χ0) is 31.4. The van der Waals surface area contributed by atoms with Crippen LogP contribution in [-0.4, -0.2) is 53.8 Å². The Morgan fingerprint density at radius 2 is 1.47 bits per heavy atom. The maximum Gasteiger partial charge on any atom is 0.343 e. The Morgan fingerprint density at radius 3 is 2.05 bits per heavy atom. The van der Waals surface area contributed by atoms with Crippen molar-refractivity contribution in [1.29, 1.82) is 5.41 Å². The highest BCUT2D eigenvalue weighted by atomic mass is 16.5. The number of nitrogen functional groups attached to an aromatic ring is 1. The molecule has 3 aromatic carbocycles. The highest BCUT2D eigenvalue weighted by Gasteiger charge is 2.34. The average molecular weight is 586 g/mol. The fourth-order valence-electron chi connectivity index (χ4n) is 4.16. The molecule has 0 spiro atoms. The molecule has 224 valence electrons. The topological polar surface area (TPSA) is 149 Å². The van der Waals surface area contributed by atoms with Crippen LogP contribution < -0.4 is 10.5 Å². The number of nitrogens with zero attached hydrogens (tertiary/aromatic N) is 1. The normalized spacial score (nSPS) is 11.7. The van der Waals surface area contributed by atoms with Crippen molar-refractivity contribution in [2.24, 2.45) is 5.73 Å². The number of benzene rings is 3. The number of hydrogen-bond acceptors (Lipinski definition) is 8. The highest BCUT2D eigenvalue weighted by Crippen LogP contribution is 2.20. The summed E-state index contributed by atoms with van der Waals surface area (Å²) in [6.07, 6.45) is 1.27. The number of ether oxygens (including phenoxy) is 3. The lowest BCUT2D eigenvalue weighted by molar-refractivity contribution is -0.159. The monoisotopic (exact) mass is 585 g/mol. The smallest absolute Gasteiger partial charge is 0.343 e. The second-order valence-corrected chi connectivity index (χ2v) is 9.47. The van der Waals surface area contributed by atoms with Gasteiger partial charge in [0.15, 0.2) is 0 Å². The SMILES string of the molecule is CCOC(=O)C[C@@H](C(=O)OCC)N(Cc1ccccc1)C(=O)/C(C)=C/c1ccc(C(=O)Oc2ccc(C(=N)N)cc2)cc1. The number of amides is 1. The zero-order valence-corrected chi connectivity index (χ0v) is 24.4. The number of hydrogen-bond donors (Lipinski definition) is 2. The molecule has 3 aromatic rings. The summed E-state index contributed by atoms with van der Waals surface area (Å²) in [7, 11) is 0. The summed E-state index contributed by atoms with van der Waals surface area (Å²) < 4.78 is 15.7. The molecule has 0 aromatic heterocycles. The van der Waals surface area contributed by atoms with Gasteiger partial charge in [-0.15, -0.1) is 0 Å². The first-order valence-corrected chi connectivity index (χ1v) is 13.7. The summed E-state index contributed by atoms with van der Waals surface area (Å²) in [5.41, 5.74) is 7.95. The van der Waals surface area contributed by atoms with Gasteiger partial charge in [-0.05, 0) is 74.4 Å². The van der Waals surface area contributed by atoms with Crippen LogP contribution in [0.25, 0.3) is 6.08 Å². The lowest BCUT2D eigenvalue weighted by atomic mass is 10.1. The van der Waals surface area contributed by atoms with Crippen LogP contribution in [0.2, 0.25) is 0 Å². The molecule has 1 atom stereocenters. The van der Waals surface area contributed by atoms with Gasteiger partial charge >= 0.3 is 17.9 Å². The van der Waals surface area contributed by atoms with Crippen LogP contribution in [0.4, 0.5) is 0 Å². The van der Waals surface area contributed by atoms with Crippen LogP contribution >= 0.6 is 0 Å². The summed E-state index contributed by atoms with van der Waals surface area (Å²) in [5, 5.41) is 7.45. The first-order valence-electron chi connectivity index (χ1n) is 13.7. The molecule has 0 aliphatic carbocycles. The summed E-state index contributed by atoms with van der Waals surface area (Å²) in [6, 6.07) is 20.6. The summed E-state index contributed by atoms with van der Waals surface area (Å²) in [4.78, 5) is 53.1. The predicted molar refractivity (Wildman–Crippen MR) is 161 cm³/mol. The minimum absolute atomic E-state index is 0.0614. The van der Waals surface area contributed by atoms with E-state index in [1.165, 1.54) is 4.90 Å². The molecular formula is C33H35N3O7. The predicted octanol–water partition coefficient (Wildman–Crippen LogP) is 4.51. The van der Waals surface area contributed by atoms with E-state index in [1.54, 1.807) is 75.4 Å². The van der Waals surface area contributed by atoms with Crippen molar-refractivity contribution < 1.29 is 33.4 Å². The van der Waals surface area contributed by atoms with E-state index in [9.17, 15) is 19.2 Å². The molecule has 3 N–H and O–H groups in total. The van der Waals surface area contributed by atoms with Crippen LogP contribution in [0, 0.1) is 5.41 Å². The summed E-state index contributed by atoms with van der Waals surface area (Å²) in [5.74, 6) is -2.16. The molecule has 0 saturated carbocycles. The fourth-order valence-corrected chi connectivity index (χ4v) is 4.16. The van der Waals surface area contributed by atoms with Crippen molar-refractivity contribution in [2.45, 2.75) is 39.8 Å². The van der Waals surface area contributed by atoms with Crippen molar-refractivity contribution in [3.63, 3.8) is 0 Å². The number of carbonyl (C=O) groups excluding carboxylic acids is 4. The van der Waals surface area contributed by atoms with Gasteiger partial charge in [-0.2, -0.15) is 0 Å². The van der Waals surface area contributed by atoms with E-state index in [-0.39, 0.29) is 32.0 Å². The number of carbonyl (C=O) groups is 4. The van der Waals surface area contributed by atoms with Crippen LogP contribution in [0.1, 0.15) is 54.2 Å². The van der Waals surface area contributed by atoms with Crippen molar-refractivity contribution in [3.8, 4) is 5.75 Å². The number of amidine groups is 1. The third kappa shape index (κ3) is 9.39. The van der Waals surface area contributed by atoms with Gasteiger partial charge in [0.25, 0.3) is 5.91 Å². The van der Waals surface area contributed by atoms with Gasteiger partial charge in [-0.1, -0.05) is 42.5 Å². The molecule has 0 fully saturated rings. The molecule has 3 rings (SSSR count). The number of esters is 3. The third-order valence-corrected chi connectivity index (χ3v) is 6.30. The lowest BCUT2D eigenvalue weighted by Crippen LogP contribution is -2.47. The lowest BCUT2D eigenvalue weighted by Gasteiger charge is -2.30. The number of rotatable bonds is 13. The number of nitrogens with one attached hydrogen (secondary N) is 1. The van der Waals surface area contributed by atoms with Gasteiger partial charge in [-0.25, -0.2) is 9.59 Å². The molecule has 0 aliphatic rings. The Morgan fingerprint density at radius 1 is 0.860 bits per heavy atom. The van der Waals surface area contributed by atoms with Crippen LogP contribution in [0.5, 0.6) is 5.75 Å². The van der Waals surface area contributed by atoms with Crippen LogP contribution in [0.3, 0.4) is 0 Å². The van der Waals surface area contributed by atoms with E-state index < -0.39 is 29.9 Å². The Bertz CT molecular complexity index is 1470. The van der Waals surface area contributed by atoms with Crippen molar-refractivity contribution in [2.75, 3.05) is 13.2 Å². The zero-order valence-electron chi connectivity index (χ0n) is 24.4. The summed E-state index contributed by atoms with van der Waals surface area (Å²) in [6.45, 7) is 5.20. The van der Waals surface area contributed by atoms with Gasteiger partial charge in [0.1, 0.15) is 17.6 Å². The molecule has 0 aliphatic heterocycles. The van der Waals surface area contributed by atoms with E-state index in [0.29, 0.717) is 28.0 Å². The van der Waals surface area contributed by atoms with E-state index in [2.05, 4.69) is 0 Å². The Balaban J connectivity index is 1.83. The molecule has 0 saturated heterocycles. The van der Waals surface area contributed by atoms with E-state index in [4.69, 9.17) is 25.4 Å². The standard InChI is InChI=1S/C33H35N3O7/c1-4-41-29(37)20-28(33(40)42-5-2)36(21-24-9-7-6-8-10-24)31(38)22(3)19-23-11-13-26(14-12-23)32(39)43-27-17-15-25(16-18-27)30(34)35/h6-19,28H,4-5,20-21H2,1-3H3,(H3,34,35)/b22-19+/t28-/m0/s1. The van der Waals surface area contributed by atoms with Gasteiger partial charge in [0.2, 0.25) is 0 Å². The van der Waals surface area contributed by atoms with E-state index >= 15 is 0 Å². The second kappa shape index (κ2) is 15.7. The van der Waals surface area contributed by atoms with Crippen LogP contribution in [0.15, 0.2) is 84.4 Å².